The van der Waals surface area contributed by atoms with Gasteiger partial charge >= 0.3 is 0 Å². The highest BCUT2D eigenvalue weighted by Gasteiger charge is 2.03. The van der Waals surface area contributed by atoms with Gasteiger partial charge in [0.05, 0.1) is 0 Å². The van der Waals surface area contributed by atoms with Crippen LogP contribution >= 0.6 is 0 Å². The SMILES string of the molecule is Cc1ccccc1N(C)CCCc1cccc(N)c1. The van der Waals surface area contributed by atoms with Gasteiger partial charge in [0.15, 0.2) is 0 Å². The Labute approximate surface area is 115 Å². The number of para-hydroxylation sites is 1. The van der Waals surface area contributed by atoms with Crippen molar-refractivity contribution in [3.8, 4) is 0 Å². The van der Waals surface area contributed by atoms with Gasteiger partial charge < -0.3 is 10.6 Å². The van der Waals surface area contributed by atoms with Crippen molar-refractivity contribution in [1.29, 1.82) is 0 Å². The normalized spacial score (nSPS) is 10.4. The van der Waals surface area contributed by atoms with Gasteiger partial charge in [0.1, 0.15) is 0 Å². The molecule has 2 rings (SSSR count). The lowest BCUT2D eigenvalue weighted by Gasteiger charge is -2.21. The fraction of sp³-hybridized carbons (Fsp3) is 0.294. The van der Waals surface area contributed by atoms with Gasteiger partial charge in [0.25, 0.3) is 0 Å². The standard InChI is InChI=1S/C17H22N2/c1-14-7-3-4-11-17(14)19(2)12-6-9-15-8-5-10-16(18)13-15/h3-5,7-8,10-11,13H,6,9,12,18H2,1-2H3. The molecule has 100 valence electrons. The zero-order chi connectivity index (χ0) is 13.7. The maximum Gasteiger partial charge on any atom is 0.0393 e. The highest BCUT2D eigenvalue weighted by Crippen LogP contribution is 2.18. The van der Waals surface area contributed by atoms with E-state index in [0.717, 1.165) is 25.1 Å². The average molecular weight is 254 g/mol. The maximum atomic E-state index is 5.79. The van der Waals surface area contributed by atoms with Crippen molar-refractivity contribution in [2.24, 2.45) is 0 Å². The number of anilines is 2. The van der Waals surface area contributed by atoms with Crippen molar-refractivity contribution in [1.82, 2.24) is 0 Å². The largest absolute Gasteiger partial charge is 0.399 e. The number of hydrogen-bond acceptors (Lipinski definition) is 2. The van der Waals surface area contributed by atoms with E-state index in [1.165, 1.54) is 16.8 Å². The van der Waals surface area contributed by atoms with Gasteiger partial charge in [-0.15, -0.1) is 0 Å². The average Bonchev–Trinajstić information content (AvgIpc) is 2.39. The number of nitrogens with zero attached hydrogens (tertiary/aromatic N) is 1. The predicted molar refractivity (Wildman–Crippen MR) is 83.6 cm³/mol. The fourth-order valence-corrected chi connectivity index (χ4v) is 2.38. The minimum Gasteiger partial charge on any atom is -0.399 e. The molecule has 2 N–H and O–H groups in total. The van der Waals surface area contributed by atoms with Gasteiger partial charge in [0.2, 0.25) is 0 Å². The molecule has 0 aliphatic rings. The summed E-state index contributed by atoms with van der Waals surface area (Å²) >= 11 is 0. The zero-order valence-electron chi connectivity index (χ0n) is 11.8. The van der Waals surface area contributed by atoms with Crippen molar-refractivity contribution in [3.63, 3.8) is 0 Å². The second-order valence-electron chi connectivity index (χ2n) is 5.06. The van der Waals surface area contributed by atoms with Crippen LogP contribution in [0.5, 0.6) is 0 Å². The monoisotopic (exact) mass is 254 g/mol. The minimum atomic E-state index is 0.852. The van der Waals surface area contributed by atoms with Gasteiger partial charge in [-0.3, -0.25) is 0 Å². The Balaban J connectivity index is 1.88. The van der Waals surface area contributed by atoms with E-state index in [4.69, 9.17) is 5.73 Å². The molecule has 0 aliphatic heterocycles. The van der Waals surface area contributed by atoms with E-state index in [2.05, 4.69) is 55.3 Å². The summed E-state index contributed by atoms with van der Waals surface area (Å²) in [4.78, 5) is 2.32. The molecule has 2 heteroatoms. The van der Waals surface area contributed by atoms with Crippen LogP contribution in [0.1, 0.15) is 17.5 Å². The number of nitrogens with two attached hydrogens (primary N) is 1. The Morgan fingerprint density at radius 3 is 2.58 bits per heavy atom. The lowest BCUT2D eigenvalue weighted by Crippen LogP contribution is -2.19. The van der Waals surface area contributed by atoms with Crippen molar-refractivity contribution in [3.05, 3.63) is 59.7 Å². The fourth-order valence-electron chi connectivity index (χ4n) is 2.38. The van der Waals surface area contributed by atoms with E-state index in [1.807, 2.05) is 12.1 Å². The number of hydrogen-bond donors (Lipinski definition) is 1. The first-order valence-corrected chi connectivity index (χ1v) is 6.78. The topological polar surface area (TPSA) is 29.3 Å². The Bertz CT molecular complexity index is 534. The second-order valence-corrected chi connectivity index (χ2v) is 5.06. The molecule has 0 fully saturated rings. The molecule has 0 bridgehead atoms. The molecule has 0 amide bonds. The van der Waals surface area contributed by atoms with Gasteiger partial charge in [0, 0.05) is 25.0 Å². The van der Waals surface area contributed by atoms with Crippen LogP contribution in [-0.4, -0.2) is 13.6 Å². The first kappa shape index (κ1) is 13.5. The molecule has 2 aromatic rings. The van der Waals surface area contributed by atoms with Crippen molar-refractivity contribution >= 4 is 11.4 Å². The van der Waals surface area contributed by atoms with E-state index in [0.29, 0.717) is 0 Å². The Morgan fingerprint density at radius 2 is 1.84 bits per heavy atom. The Morgan fingerprint density at radius 1 is 1.05 bits per heavy atom. The summed E-state index contributed by atoms with van der Waals surface area (Å²) in [7, 11) is 2.15. The first-order valence-electron chi connectivity index (χ1n) is 6.78. The van der Waals surface area contributed by atoms with Crippen LogP contribution in [0.2, 0.25) is 0 Å². The maximum absolute atomic E-state index is 5.79. The first-order chi connectivity index (χ1) is 9.16. The molecule has 0 unspecified atom stereocenters. The zero-order valence-corrected chi connectivity index (χ0v) is 11.8. The second kappa shape index (κ2) is 6.28. The molecular weight excluding hydrogens is 232 g/mol. The molecule has 0 radical (unpaired) electrons. The van der Waals surface area contributed by atoms with Gasteiger partial charge in [-0.1, -0.05) is 30.3 Å². The van der Waals surface area contributed by atoms with Crippen LogP contribution < -0.4 is 10.6 Å². The van der Waals surface area contributed by atoms with Crippen LogP contribution in [0.3, 0.4) is 0 Å². The lowest BCUT2D eigenvalue weighted by molar-refractivity contribution is 0.784. The smallest absolute Gasteiger partial charge is 0.0393 e. The molecule has 0 aromatic heterocycles. The van der Waals surface area contributed by atoms with Crippen molar-refractivity contribution in [2.75, 3.05) is 24.2 Å². The predicted octanol–water partition coefficient (Wildman–Crippen LogP) is 3.65. The molecular formula is C17H22N2. The van der Waals surface area contributed by atoms with Gasteiger partial charge in [-0.05, 0) is 49.1 Å². The third-order valence-electron chi connectivity index (χ3n) is 3.44. The third kappa shape index (κ3) is 3.75. The van der Waals surface area contributed by atoms with Crippen LogP contribution in [0.25, 0.3) is 0 Å². The van der Waals surface area contributed by atoms with Gasteiger partial charge in [-0.25, -0.2) is 0 Å². The summed E-state index contributed by atoms with van der Waals surface area (Å²) in [5.74, 6) is 0. The summed E-state index contributed by atoms with van der Waals surface area (Å²) < 4.78 is 0. The molecule has 19 heavy (non-hydrogen) atoms. The van der Waals surface area contributed by atoms with Gasteiger partial charge in [-0.2, -0.15) is 0 Å². The molecule has 2 aromatic carbocycles. The summed E-state index contributed by atoms with van der Waals surface area (Å²) in [6.07, 6.45) is 2.20. The number of rotatable bonds is 5. The van der Waals surface area contributed by atoms with E-state index >= 15 is 0 Å². The van der Waals surface area contributed by atoms with Crippen LogP contribution in [0, 0.1) is 6.92 Å². The minimum absolute atomic E-state index is 0.852. The lowest BCUT2D eigenvalue weighted by atomic mass is 10.1. The number of nitrogen functional groups attached to an aromatic ring is 1. The molecule has 2 nitrogen and oxygen atoms in total. The summed E-state index contributed by atoms with van der Waals surface area (Å²) in [6, 6.07) is 16.7. The molecule has 0 saturated heterocycles. The molecule has 0 aliphatic carbocycles. The van der Waals surface area contributed by atoms with E-state index in [9.17, 15) is 0 Å². The van der Waals surface area contributed by atoms with Crippen molar-refractivity contribution in [2.45, 2.75) is 19.8 Å². The molecule has 0 heterocycles. The van der Waals surface area contributed by atoms with E-state index in [1.54, 1.807) is 0 Å². The van der Waals surface area contributed by atoms with E-state index in [-0.39, 0.29) is 0 Å². The summed E-state index contributed by atoms with van der Waals surface area (Å²) in [6.45, 7) is 3.21. The molecule has 0 saturated carbocycles. The summed E-state index contributed by atoms with van der Waals surface area (Å²) in [5.41, 5.74) is 10.6. The number of benzene rings is 2. The van der Waals surface area contributed by atoms with Crippen LogP contribution in [0.4, 0.5) is 11.4 Å². The molecule has 0 spiro atoms. The third-order valence-corrected chi connectivity index (χ3v) is 3.44. The Kier molecular flexibility index (Phi) is 4.45. The highest BCUT2D eigenvalue weighted by molar-refractivity contribution is 5.52. The molecule has 0 atom stereocenters. The van der Waals surface area contributed by atoms with Crippen LogP contribution in [0.15, 0.2) is 48.5 Å². The van der Waals surface area contributed by atoms with E-state index < -0.39 is 0 Å². The number of aryl methyl sites for hydroxylation is 2. The highest BCUT2D eigenvalue weighted by atomic mass is 15.1. The van der Waals surface area contributed by atoms with Crippen molar-refractivity contribution < 1.29 is 0 Å². The van der Waals surface area contributed by atoms with Crippen LogP contribution in [-0.2, 0) is 6.42 Å². The summed E-state index contributed by atoms with van der Waals surface area (Å²) in [5, 5.41) is 0. The quantitative estimate of drug-likeness (QED) is 0.825. The Hall–Kier alpha value is -1.96.